The molecular weight excluding hydrogens is 257 g/mol. The van der Waals surface area contributed by atoms with Gasteiger partial charge in [-0.15, -0.1) is 0 Å². The van der Waals surface area contributed by atoms with Gasteiger partial charge in [0.15, 0.2) is 0 Å². The Morgan fingerprint density at radius 1 is 0.727 bits per heavy atom. The number of carboxylic acid groups (broad SMARTS) is 4. The molecule has 0 aromatic heterocycles. The van der Waals surface area contributed by atoms with E-state index < -0.39 is 12.3 Å². The summed E-state index contributed by atoms with van der Waals surface area (Å²) in [6.45, 7) is 0. The topological polar surface area (TPSA) is 126 Å². The van der Waals surface area contributed by atoms with Crippen LogP contribution >= 0.6 is 0 Å². The van der Waals surface area contributed by atoms with Gasteiger partial charge in [-0.3, -0.25) is 0 Å². The molecule has 0 aliphatic heterocycles. The number of hydrogen-bond donors (Lipinski definition) is 0. The Balaban J connectivity index is -0.0000000171. The molecule has 0 N–H and O–H groups in total. The summed E-state index contributed by atoms with van der Waals surface area (Å²) in [5, 5.41) is 33.3. The largest absolute Gasteiger partial charge is 2.00 e. The normalized spacial score (nSPS) is 4.36. The summed E-state index contributed by atoms with van der Waals surface area (Å²) >= 11 is 0. The molecule has 6 nitrogen and oxygen atoms in total. The maximum Gasteiger partial charge on any atom is 2.00 e. The Morgan fingerprint density at radius 3 is 0.727 bits per heavy atom. The predicted octanol–water partition coefficient (Wildman–Crippen LogP) is -10.9. The molecule has 0 saturated heterocycles. The molecule has 9 heteroatoms. The van der Waals surface area contributed by atoms with Crippen molar-refractivity contribution in [2.75, 3.05) is 0 Å². The maximum atomic E-state index is 8.33. The number of carbonyl (C=O) groups is 2. The van der Waals surface area contributed by atoms with E-state index in [9.17, 15) is 0 Å². The van der Waals surface area contributed by atoms with Crippen LogP contribution in [0.4, 0.5) is 9.59 Å². The predicted molar refractivity (Wildman–Crippen MR) is 10.8 cm³/mol. The molecule has 0 saturated carbocycles. The van der Waals surface area contributed by atoms with E-state index in [1.165, 1.54) is 0 Å². The first-order valence-corrected chi connectivity index (χ1v) is 1.22. The van der Waals surface area contributed by atoms with E-state index in [0.29, 0.717) is 0 Å². The summed E-state index contributed by atoms with van der Waals surface area (Å²) in [6, 6.07) is 0. The maximum absolute atomic E-state index is 8.33. The molecule has 0 bridgehead atoms. The third-order valence-corrected chi connectivity index (χ3v) is 0. The van der Waals surface area contributed by atoms with Crippen molar-refractivity contribution < 1.29 is 149 Å². The quantitative estimate of drug-likeness (QED) is 0.396. The van der Waals surface area contributed by atoms with Crippen molar-refractivity contribution in [1.82, 2.24) is 0 Å². The molecule has 0 fully saturated rings. The van der Waals surface area contributed by atoms with Crippen molar-refractivity contribution in [1.29, 1.82) is 0 Å². The molecule has 0 aromatic rings. The molecule has 0 rings (SSSR count). The Labute approximate surface area is 158 Å². The minimum Gasteiger partial charge on any atom is -0.652 e. The van der Waals surface area contributed by atoms with Crippen LogP contribution in [0.5, 0.6) is 0 Å². The van der Waals surface area contributed by atoms with Crippen LogP contribution in [0.3, 0.4) is 0 Å². The van der Waals surface area contributed by atoms with Crippen molar-refractivity contribution in [2.45, 2.75) is 0 Å². The Hall–Kier alpha value is 2.31. The molecule has 56 valence electrons. The van der Waals surface area contributed by atoms with Gasteiger partial charge in [0.25, 0.3) is 0 Å². The fourth-order valence-electron chi connectivity index (χ4n) is 0. The third kappa shape index (κ3) is 246. The molecule has 0 radical (unpaired) electrons. The first-order valence-electron chi connectivity index (χ1n) is 1.22. The second-order valence-corrected chi connectivity index (χ2v) is 0.500. The van der Waals surface area contributed by atoms with Gasteiger partial charge in [-0.25, -0.2) is 0 Å². The van der Waals surface area contributed by atoms with Gasteiger partial charge in [0.1, 0.15) is 0 Å². The van der Waals surface area contributed by atoms with Crippen LogP contribution in [-0.2, 0) is 16.5 Å². The zero-order valence-corrected chi connectivity index (χ0v) is 13.0. The van der Waals surface area contributed by atoms with Gasteiger partial charge < -0.3 is 30.0 Å². The first kappa shape index (κ1) is 29.2. The fourth-order valence-corrected chi connectivity index (χ4v) is 0. The molecule has 11 heavy (non-hydrogen) atoms. The molecule has 0 amide bonds. The zero-order chi connectivity index (χ0) is 7.15. The monoisotopic (exact) mass is 256 g/mol. The SMILES string of the molecule is O=C([O-])[O-].O=C([O-])[O-].[K+].[K+].[Ni+2]. The van der Waals surface area contributed by atoms with Gasteiger partial charge in [-0.1, -0.05) is 0 Å². The summed E-state index contributed by atoms with van der Waals surface area (Å²) in [6.07, 6.45) is -4.67. The molecular formula is C2K2NiO6. The van der Waals surface area contributed by atoms with E-state index in [4.69, 9.17) is 30.0 Å². The van der Waals surface area contributed by atoms with Gasteiger partial charge in [0, 0.05) is 0 Å². The van der Waals surface area contributed by atoms with E-state index in [1.807, 2.05) is 0 Å². The van der Waals surface area contributed by atoms with Crippen LogP contribution in [0.25, 0.3) is 0 Å². The molecule has 0 atom stereocenters. The second kappa shape index (κ2) is 22.8. The van der Waals surface area contributed by atoms with Crippen molar-refractivity contribution in [2.24, 2.45) is 0 Å². The van der Waals surface area contributed by atoms with Crippen molar-refractivity contribution in [3.8, 4) is 0 Å². The van der Waals surface area contributed by atoms with Gasteiger partial charge in [0.2, 0.25) is 0 Å². The van der Waals surface area contributed by atoms with Crippen molar-refractivity contribution >= 4 is 12.3 Å². The Bertz CT molecular complexity index is 76.6. The number of hydrogen-bond acceptors (Lipinski definition) is 6. The molecule has 0 aliphatic rings. The molecule has 0 heterocycles. The van der Waals surface area contributed by atoms with E-state index >= 15 is 0 Å². The summed E-state index contributed by atoms with van der Waals surface area (Å²) in [5.41, 5.74) is 0. The molecule has 0 unspecified atom stereocenters. The Morgan fingerprint density at radius 2 is 0.727 bits per heavy atom. The average Bonchev–Trinajstić information content (AvgIpc) is 1.25. The van der Waals surface area contributed by atoms with E-state index in [1.54, 1.807) is 0 Å². The summed E-state index contributed by atoms with van der Waals surface area (Å²) in [7, 11) is 0. The Kier molecular flexibility index (Phi) is 60.5. The average molecular weight is 257 g/mol. The van der Waals surface area contributed by atoms with Crippen LogP contribution in [-0.4, -0.2) is 12.3 Å². The third-order valence-electron chi connectivity index (χ3n) is 0. The summed E-state index contributed by atoms with van der Waals surface area (Å²) in [5.74, 6) is 0. The van der Waals surface area contributed by atoms with Crippen LogP contribution in [0.1, 0.15) is 0 Å². The van der Waals surface area contributed by atoms with Gasteiger partial charge in [-0.05, 0) is 12.3 Å². The van der Waals surface area contributed by atoms with Crippen molar-refractivity contribution in [3.63, 3.8) is 0 Å². The number of carbonyl (C=O) groups excluding carboxylic acids is 2. The van der Waals surface area contributed by atoms with E-state index in [2.05, 4.69) is 0 Å². The van der Waals surface area contributed by atoms with Gasteiger partial charge in [-0.2, -0.15) is 0 Å². The first-order chi connectivity index (χ1) is 3.46. The molecule has 0 spiro atoms. The second-order valence-electron chi connectivity index (χ2n) is 0.500. The van der Waals surface area contributed by atoms with E-state index in [0.717, 1.165) is 0 Å². The standard InChI is InChI=1S/2CH2O3.2K.Ni/c2*2-1(3)4;;;/h2*(H2,2,3,4);;;/q;;2*+1;+2/p-4. The summed E-state index contributed by atoms with van der Waals surface area (Å²) in [4.78, 5) is 16.7. The van der Waals surface area contributed by atoms with Gasteiger partial charge in [0.05, 0.1) is 0 Å². The van der Waals surface area contributed by atoms with Crippen LogP contribution < -0.4 is 123 Å². The van der Waals surface area contributed by atoms with Crippen LogP contribution in [0.15, 0.2) is 0 Å². The number of rotatable bonds is 0. The zero-order valence-electron chi connectivity index (χ0n) is 5.77. The van der Waals surface area contributed by atoms with Gasteiger partial charge >= 0.3 is 119 Å². The minimum atomic E-state index is -2.33. The smallest absolute Gasteiger partial charge is 0.652 e. The van der Waals surface area contributed by atoms with Crippen molar-refractivity contribution in [3.05, 3.63) is 0 Å². The molecule has 0 aliphatic carbocycles. The molecule has 0 aromatic carbocycles. The van der Waals surface area contributed by atoms with Crippen LogP contribution in [0.2, 0.25) is 0 Å². The van der Waals surface area contributed by atoms with E-state index in [-0.39, 0.29) is 119 Å². The van der Waals surface area contributed by atoms with Crippen LogP contribution in [0, 0.1) is 0 Å². The minimum absolute atomic E-state index is 0. The fraction of sp³-hybridized carbons (Fsp3) is 0. The summed E-state index contributed by atoms with van der Waals surface area (Å²) < 4.78 is 0.